The second-order valence-electron chi connectivity index (χ2n) is 8.32. The van der Waals surface area contributed by atoms with E-state index in [1.165, 1.54) is 67.9 Å². The molecule has 0 saturated heterocycles. The summed E-state index contributed by atoms with van der Waals surface area (Å²) in [5, 5.41) is 5.23. The van der Waals surface area contributed by atoms with Gasteiger partial charge in [-0.2, -0.15) is 0 Å². The number of para-hydroxylation sites is 4. The summed E-state index contributed by atoms with van der Waals surface area (Å²) in [4.78, 5) is 18.7. The van der Waals surface area contributed by atoms with E-state index in [2.05, 4.69) is 124 Å². The Balaban J connectivity index is 0.000000138. The largest absolute Gasteiger partial charge is 0.361 e. The first-order valence-corrected chi connectivity index (χ1v) is 11.6. The van der Waals surface area contributed by atoms with Crippen molar-refractivity contribution in [2.75, 3.05) is 0 Å². The van der Waals surface area contributed by atoms with E-state index in [1.807, 2.05) is 0 Å². The molecule has 0 unspecified atom stereocenters. The molecule has 171 valence electrons. The Kier molecular flexibility index (Phi) is 6.44. The maximum Gasteiger partial charge on any atom is 0.195 e. The predicted octanol–water partition coefficient (Wildman–Crippen LogP) is 7.68. The number of rotatable bonds is 2. The average molecular weight is 457 g/mol. The van der Waals surface area contributed by atoms with Crippen molar-refractivity contribution in [3.05, 3.63) is 121 Å². The molecule has 4 aromatic carbocycles. The monoisotopic (exact) mass is 456 g/mol. The van der Waals surface area contributed by atoms with Crippen LogP contribution in [0, 0.1) is 0 Å². The molecule has 0 amide bonds. The lowest BCUT2D eigenvalue weighted by molar-refractivity contribution is 0.560. The van der Waals surface area contributed by atoms with Crippen LogP contribution in [0.1, 0.15) is 18.1 Å². The van der Waals surface area contributed by atoms with Crippen molar-refractivity contribution in [1.82, 2.24) is 15.0 Å². The number of hydrogen-bond donors (Lipinski definition) is 3. The zero-order chi connectivity index (χ0) is 24.0. The molecule has 35 heavy (non-hydrogen) atoms. The van der Waals surface area contributed by atoms with E-state index in [9.17, 15) is 0 Å². The zero-order valence-corrected chi connectivity index (χ0v) is 19.5. The minimum atomic E-state index is 0.952. The molecule has 7 rings (SSSR count). The van der Waals surface area contributed by atoms with Gasteiger partial charge in [-0.3, -0.25) is 4.79 Å². The maximum atomic E-state index is 8.68. The van der Waals surface area contributed by atoms with Crippen LogP contribution in [0.3, 0.4) is 0 Å². The van der Waals surface area contributed by atoms with Crippen molar-refractivity contribution in [3.8, 4) is 0 Å². The number of benzene rings is 4. The van der Waals surface area contributed by atoms with E-state index >= 15 is 0 Å². The molecule has 4 nitrogen and oxygen atoms in total. The summed E-state index contributed by atoms with van der Waals surface area (Å²) in [6.07, 6.45) is 6.69. The number of nitrogens with one attached hydrogen (secondary N) is 3. The summed E-state index contributed by atoms with van der Waals surface area (Å²) in [5.74, 6) is 0. The summed E-state index contributed by atoms with van der Waals surface area (Å²) < 4.78 is 0. The Morgan fingerprint density at radius 3 is 1.31 bits per heavy atom. The van der Waals surface area contributed by atoms with Crippen LogP contribution < -0.4 is 0 Å². The van der Waals surface area contributed by atoms with Gasteiger partial charge in [-0.15, -0.1) is 0 Å². The molecular formula is C31H26N3O. The molecule has 3 heterocycles. The number of aromatic amines is 3. The van der Waals surface area contributed by atoms with Crippen molar-refractivity contribution in [1.29, 1.82) is 0 Å². The van der Waals surface area contributed by atoms with E-state index in [-0.39, 0.29) is 0 Å². The van der Waals surface area contributed by atoms with Gasteiger partial charge in [0.25, 0.3) is 0 Å². The summed E-state index contributed by atoms with van der Waals surface area (Å²) in [7, 11) is 0. The van der Waals surface area contributed by atoms with Gasteiger partial charge in [0.2, 0.25) is 0 Å². The first kappa shape index (κ1) is 22.2. The second-order valence-corrected chi connectivity index (χ2v) is 8.32. The van der Waals surface area contributed by atoms with Gasteiger partial charge in [0.15, 0.2) is 6.29 Å². The molecule has 4 heteroatoms. The van der Waals surface area contributed by atoms with Crippen molar-refractivity contribution in [3.63, 3.8) is 0 Å². The molecule has 0 aliphatic heterocycles. The third kappa shape index (κ3) is 4.59. The first-order valence-electron chi connectivity index (χ1n) is 11.6. The average Bonchev–Trinajstić information content (AvgIpc) is 3.61. The fourth-order valence-electron chi connectivity index (χ4n) is 4.56. The second kappa shape index (κ2) is 10.1. The summed E-state index contributed by atoms with van der Waals surface area (Å²) >= 11 is 0. The number of aromatic nitrogens is 3. The van der Waals surface area contributed by atoms with Crippen molar-refractivity contribution < 1.29 is 4.79 Å². The number of H-pyrrole nitrogens is 3. The van der Waals surface area contributed by atoms with E-state index < -0.39 is 0 Å². The van der Waals surface area contributed by atoms with Gasteiger partial charge in [-0.25, -0.2) is 0 Å². The normalized spacial score (nSPS) is 10.7. The molecule has 3 aromatic heterocycles. The highest BCUT2D eigenvalue weighted by Gasteiger charge is 2.07. The topological polar surface area (TPSA) is 64.4 Å². The SMILES string of the molecule is C[C]=O.c1ccc2c(Cc3c[nH]c4ccccc34)c[nH]c2c1.c1ccc2c(c1)[nH]c1ccccc12. The molecule has 0 saturated carbocycles. The summed E-state index contributed by atoms with van der Waals surface area (Å²) in [5.41, 5.74) is 7.53. The molecule has 0 aliphatic rings. The van der Waals surface area contributed by atoms with Gasteiger partial charge < -0.3 is 15.0 Å². The lowest BCUT2D eigenvalue weighted by Crippen LogP contribution is -1.84. The zero-order valence-electron chi connectivity index (χ0n) is 19.5. The van der Waals surface area contributed by atoms with E-state index in [0.717, 1.165) is 6.42 Å². The third-order valence-corrected chi connectivity index (χ3v) is 6.14. The summed E-state index contributed by atoms with van der Waals surface area (Å²) in [6, 6.07) is 33.7. The summed E-state index contributed by atoms with van der Waals surface area (Å²) in [6.45, 7) is 1.32. The van der Waals surface area contributed by atoms with Crippen molar-refractivity contribution in [2.45, 2.75) is 13.3 Å². The van der Waals surface area contributed by atoms with Gasteiger partial charge >= 0.3 is 0 Å². The Labute approximate surface area is 203 Å². The minimum Gasteiger partial charge on any atom is -0.361 e. The highest BCUT2D eigenvalue weighted by Crippen LogP contribution is 2.25. The Morgan fingerprint density at radius 2 is 0.886 bits per heavy atom. The van der Waals surface area contributed by atoms with Crippen molar-refractivity contribution >= 4 is 49.9 Å². The smallest absolute Gasteiger partial charge is 0.195 e. The molecule has 0 aliphatic carbocycles. The van der Waals surface area contributed by atoms with Crippen LogP contribution in [0.5, 0.6) is 0 Å². The van der Waals surface area contributed by atoms with Crippen LogP contribution in [-0.4, -0.2) is 21.2 Å². The first-order chi connectivity index (χ1) is 17.3. The van der Waals surface area contributed by atoms with Gasteiger partial charge in [0, 0.05) is 69.3 Å². The fraction of sp³-hybridized carbons (Fsp3) is 0.0645. The quantitative estimate of drug-likeness (QED) is 0.245. The molecular weight excluding hydrogens is 430 g/mol. The van der Waals surface area contributed by atoms with E-state index in [4.69, 9.17) is 4.79 Å². The highest BCUT2D eigenvalue weighted by molar-refractivity contribution is 6.07. The number of carbonyl (C=O) groups excluding carboxylic acids is 1. The molecule has 1 radical (unpaired) electrons. The van der Waals surface area contributed by atoms with Crippen LogP contribution in [0.15, 0.2) is 109 Å². The van der Waals surface area contributed by atoms with Gasteiger partial charge in [-0.1, -0.05) is 72.8 Å². The van der Waals surface area contributed by atoms with Crippen LogP contribution >= 0.6 is 0 Å². The Morgan fingerprint density at radius 1 is 0.543 bits per heavy atom. The lowest BCUT2D eigenvalue weighted by Gasteiger charge is -1.98. The van der Waals surface area contributed by atoms with E-state index in [1.54, 1.807) is 0 Å². The number of fused-ring (bicyclic) bond motifs is 5. The predicted molar refractivity (Wildman–Crippen MR) is 147 cm³/mol. The van der Waals surface area contributed by atoms with Crippen LogP contribution in [0.25, 0.3) is 43.6 Å². The van der Waals surface area contributed by atoms with Crippen molar-refractivity contribution in [2.24, 2.45) is 0 Å². The van der Waals surface area contributed by atoms with E-state index in [0.29, 0.717) is 0 Å². The van der Waals surface area contributed by atoms with Gasteiger partial charge in [-0.05, 0) is 35.4 Å². The van der Waals surface area contributed by atoms with Crippen LogP contribution in [0.2, 0.25) is 0 Å². The Bertz CT molecular complexity index is 1600. The maximum absolute atomic E-state index is 8.68. The van der Waals surface area contributed by atoms with Gasteiger partial charge in [0.05, 0.1) is 0 Å². The highest BCUT2D eigenvalue weighted by atomic mass is 16.1. The minimum absolute atomic E-state index is 0.952. The molecule has 0 spiro atoms. The molecule has 0 atom stereocenters. The molecule has 3 N–H and O–H groups in total. The lowest BCUT2D eigenvalue weighted by atomic mass is 10.0. The molecule has 0 bridgehead atoms. The Hall–Kier alpha value is -4.57. The standard InChI is InChI=1S/C17H14N2.C12H9N.C2H3O/c1-3-7-16-14(5-1)12(10-18-16)9-13-11-19-17-8-4-2-6-15(13)17;1-3-7-11-9(5-1)10-6-2-4-8-12(10)13-11;1-2-3/h1-8,10-11,18-19H,9H2;1-8,13H;1H3. The van der Waals surface area contributed by atoms with Gasteiger partial charge in [0.1, 0.15) is 0 Å². The molecule has 7 aromatic rings. The fourth-order valence-corrected chi connectivity index (χ4v) is 4.56. The third-order valence-electron chi connectivity index (χ3n) is 6.14. The van der Waals surface area contributed by atoms with Crippen LogP contribution in [-0.2, 0) is 11.2 Å². The van der Waals surface area contributed by atoms with Crippen LogP contribution in [0.4, 0.5) is 0 Å². The molecule has 0 fully saturated rings. The number of hydrogen-bond acceptors (Lipinski definition) is 1.